The maximum atomic E-state index is 13.1. The molecule has 6 heteroatoms. The predicted octanol–water partition coefficient (Wildman–Crippen LogP) is 4.30. The van der Waals surface area contributed by atoms with Crippen molar-refractivity contribution >= 4 is 17.5 Å². The summed E-state index contributed by atoms with van der Waals surface area (Å²) in [6.45, 7) is 3.77. The van der Waals surface area contributed by atoms with Gasteiger partial charge in [0, 0.05) is 0 Å². The summed E-state index contributed by atoms with van der Waals surface area (Å²) in [6.07, 6.45) is 0. The Bertz CT molecular complexity index is 764. The van der Waals surface area contributed by atoms with Crippen LogP contribution < -0.4 is 14.8 Å². The first-order valence-electron chi connectivity index (χ1n) is 7.35. The second-order valence-electron chi connectivity index (χ2n) is 5.38. The Morgan fingerprint density at radius 1 is 1.17 bits per heavy atom. The third kappa shape index (κ3) is 3.79. The molecule has 0 aliphatic heterocycles. The summed E-state index contributed by atoms with van der Waals surface area (Å²) in [5.74, 6) is 0.347. The number of aryl methyl sites for hydroxylation is 1. The third-order valence-electron chi connectivity index (χ3n) is 3.76. The highest BCUT2D eigenvalue weighted by Crippen LogP contribution is 2.33. The summed E-state index contributed by atoms with van der Waals surface area (Å²) in [4.78, 5) is 12.4. The number of hydrogen-bond acceptors (Lipinski definition) is 3. The summed E-state index contributed by atoms with van der Waals surface area (Å²) in [5, 5.41) is 2.93. The van der Waals surface area contributed by atoms with E-state index in [1.165, 1.54) is 12.1 Å². The van der Waals surface area contributed by atoms with Crippen molar-refractivity contribution in [2.45, 2.75) is 19.9 Å². The molecule has 2 rings (SSSR count). The standard InChI is InChI=1S/C18H19ClFNO3/c1-10-7-16(23-3)17(24-4)9-14(10)11(2)21-18(22)13-6-5-12(20)8-15(13)19/h5-9,11H,1-4H3,(H,21,22)/t11-/m0/s1. The molecule has 24 heavy (non-hydrogen) atoms. The summed E-state index contributed by atoms with van der Waals surface area (Å²) in [6, 6.07) is 7.06. The predicted molar refractivity (Wildman–Crippen MR) is 91.6 cm³/mol. The molecule has 128 valence electrons. The Balaban J connectivity index is 2.26. The molecule has 0 radical (unpaired) electrons. The minimum Gasteiger partial charge on any atom is -0.493 e. The summed E-state index contributed by atoms with van der Waals surface area (Å²) >= 11 is 5.94. The molecule has 2 aromatic carbocycles. The molecular weight excluding hydrogens is 333 g/mol. The lowest BCUT2D eigenvalue weighted by Gasteiger charge is -2.19. The maximum Gasteiger partial charge on any atom is 0.253 e. The lowest BCUT2D eigenvalue weighted by molar-refractivity contribution is 0.0940. The number of hydrogen-bond donors (Lipinski definition) is 1. The van der Waals surface area contributed by atoms with E-state index in [2.05, 4.69) is 5.32 Å². The van der Waals surface area contributed by atoms with E-state index in [-0.39, 0.29) is 22.5 Å². The van der Waals surface area contributed by atoms with E-state index >= 15 is 0 Å². The molecule has 0 aliphatic carbocycles. The number of benzene rings is 2. The highest BCUT2D eigenvalue weighted by atomic mass is 35.5. The highest BCUT2D eigenvalue weighted by molar-refractivity contribution is 6.33. The van der Waals surface area contributed by atoms with Gasteiger partial charge in [-0.15, -0.1) is 0 Å². The zero-order valence-corrected chi connectivity index (χ0v) is 14.7. The first-order valence-corrected chi connectivity index (χ1v) is 7.73. The zero-order valence-electron chi connectivity index (χ0n) is 13.9. The van der Waals surface area contributed by atoms with Gasteiger partial charge in [-0.05, 0) is 55.3 Å². The van der Waals surface area contributed by atoms with Crippen molar-refractivity contribution in [3.05, 3.63) is 57.9 Å². The Hall–Kier alpha value is -2.27. The minimum absolute atomic E-state index is 0.0729. The number of amides is 1. The highest BCUT2D eigenvalue weighted by Gasteiger charge is 2.18. The number of methoxy groups -OCH3 is 2. The quantitative estimate of drug-likeness (QED) is 0.873. The summed E-state index contributed by atoms with van der Waals surface area (Å²) in [7, 11) is 3.12. The SMILES string of the molecule is COc1cc(C)c([C@H](C)NC(=O)c2ccc(F)cc2Cl)cc1OC. The molecule has 1 atom stereocenters. The van der Waals surface area contributed by atoms with Gasteiger partial charge in [0.05, 0.1) is 30.8 Å². The Morgan fingerprint density at radius 2 is 1.79 bits per heavy atom. The van der Waals surface area contributed by atoms with Gasteiger partial charge in [0.15, 0.2) is 11.5 Å². The van der Waals surface area contributed by atoms with E-state index in [9.17, 15) is 9.18 Å². The van der Waals surface area contributed by atoms with E-state index in [1.54, 1.807) is 14.2 Å². The van der Waals surface area contributed by atoms with E-state index in [0.717, 1.165) is 17.2 Å². The number of carbonyl (C=O) groups is 1. The third-order valence-corrected chi connectivity index (χ3v) is 4.07. The van der Waals surface area contributed by atoms with Crippen LogP contribution in [0.2, 0.25) is 5.02 Å². The van der Waals surface area contributed by atoms with Crippen LogP contribution in [-0.2, 0) is 0 Å². The molecular formula is C18H19ClFNO3. The normalized spacial score (nSPS) is 11.8. The van der Waals surface area contributed by atoms with Crippen LogP contribution in [0.5, 0.6) is 11.5 Å². The second kappa shape index (κ2) is 7.53. The fourth-order valence-corrected chi connectivity index (χ4v) is 2.74. The van der Waals surface area contributed by atoms with Crippen molar-refractivity contribution in [1.82, 2.24) is 5.32 Å². The lowest BCUT2D eigenvalue weighted by atomic mass is 10.0. The van der Waals surface area contributed by atoms with Gasteiger partial charge in [-0.2, -0.15) is 0 Å². The van der Waals surface area contributed by atoms with Crippen LogP contribution in [-0.4, -0.2) is 20.1 Å². The van der Waals surface area contributed by atoms with Crippen LogP contribution in [0, 0.1) is 12.7 Å². The fraction of sp³-hybridized carbons (Fsp3) is 0.278. The topological polar surface area (TPSA) is 47.6 Å². The monoisotopic (exact) mass is 351 g/mol. The van der Waals surface area contributed by atoms with Gasteiger partial charge < -0.3 is 14.8 Å². The van der Waals surface area contributed by atoms with E-state index in [0.29, 0.717) is 11.5 Å². The van der Waals surface area contributed by atoms with Gasteiger partial charge in [-0.25, -0.2) is 4.39 Å². The van der Waals surface area contributed by atoms with Gasteiger partial charge in [0.1, 0.15) is 5.82 Å². The van der Waals surface area contributed by atoms with Gasteiger partial charge in [-0.3, -0.25) is 4.79 Å². The minimum atomic E-state index is -0.486. The Labute approximate surface area is 145 Å². The maximum absolute atomic E-state index is 13.1. The molecule has 0 bridgehead atoms. The first-order chi connectivity index (χ1) is 11.4. The molecule has 4 nitrogen and oxygen atoms in total. The van der Waals surface area contributed by atoms with Crippen molar-refractivity contribution in [3.8, 4) is 11.5 Å². The first kappa shape index (κ1) is 18.1. The van der Waals surface area contributed by atoms with Crippen LogP contribution in [0.3, 0.4) is 0 Å². The Morgan fingerprint density at radius 3 is 2.38 bits per heavy atom. The number of rotatable bonds is 5. The molecule has 0 saturated carbocycles. The molecule has 2 aromatic rings. The lowest BCUT2D eigenvalue weighted by Crippen LogP contribution is -2.27. The van der Waals surface area contributed by atoms with Crippen LogP contribution in [0.15, 0.2) is 30.3 Å². The van der Waals surface area contributed by atoms with Crippen molar-refractivity contribution < 1.29 is 18.7 Å². The molecule has 0 heterocycles. The summed E-state index contributed by atoms with van der Waals surface area (Å²) in [5.41, 5.74) is 2.06. The molecule has 0 unspecified atom stereocenters. The molecule has 0 aliphatic rings. The van der Waals surface area contributed by atoms with E-state index in [4.69, 9.17) is 21.1 Å². The van der Waals surface area contributed by atoms with Crippen molar-refractivity contribution in [2.24, 2.45) is 0 Å². The fourth-order valence-electron chi connectivity index (χ4n) is 2.49. The van der Waals surface area contributed by atoms with Crippen LogP contribution in [0.25, 0.3) is 0 Å². The van der Waals surface area contributed by atoms with E-state index < -0.39 is 5.82 Å². The van der Waals surface area contributed by atoms with Crippen LogP contribution >= 0.6 is 11.6 Å². The summed E-state index contributed by atoms with van der Waals surface area (Å²) < 4.78 is 23.7. The van der Waals surface area contributed by atoms with Gasteiger partial charge in [0.2, 0.25) is 0 Å². The second-order valence-corrected chi connectivity index (χ2v) is 5.79. The number of halogens is 2. The smallest absolute Gasteiger partial charge is 0.253 e. The molecule has 0 spiro atoms. The average Bonchev–Trinajstić information content (AvgIpc) is 2.54. The molecule has 0 fully saturated rings. The van der Waals surface area contributed by atoms with Crippen LogP contribution in [0.1, 0.15) is 34.5 Å². The largest absolute Gasteiger partial charge is 0.493 e. The molecule has 0 aromatic heterocycles. The van der Waals surface area contributed by atoms with Crippen molar-refractivity contribution in [2.75, 3.05) is 14.2 Å². The van der Waals surface area contributed by atoms with Crippen molar-refractivity contribution in [1.29, 1.82) is 0 Å². The van der Waals surface area contributed by atoms with Crippen LogP contribution in [0.4, 0.5) is 4.39 Å². The van der Waals surface area contributed by atoms with Gasteiger partial charge >= 0.3 is 0 Å². The van der Waals surface area contributed by atoms with Gasteiger partial charge in [-0.1, -0.05) is 11.6 Å². The molecule has 1 amide bonds. The number of nitrogens with one attached hydrogen (secondary N) is 1. The number of ether oxygens (including phenoxy) is 2. The Kier molecular flexibility index (Phi) is 5.67. The average molecular weight is 352 g/mol. The zero-order chi connectivity index (χ0) is 17.9. The molecule has 1 N–H and O–H groups in total. The van der Waals surface area contributed by atoms with E-state index in [1.807, 2.05) is 26.0 Å². The number of carbonyl (C=O) groups excluding carboxylic acids is 1. The van der Waals surface area contributed by atoms with Crippen molar-refractivity contribution in [3.63, 3.8) is 0 Å². The van der Waals surface area contributed by atoms with Gasteiger partial charge in [0.25, 0.3) is 5.91 Å². The molecule has 0 saturated heterocycles.